The van der Waals surface area contributed by atoms with Crippen molar-refractivity contribution in [3.63, 3.8) is 0 Å². The molecule has 1 aliphatic carbocycles. The lowest BCUT2D eigenvalue weighted by Gasteiger charge is -2.25. The smallest absolute Gasteiger partial charge is 0.250 e. The van der Waals surface area contributed by atoms with E-state index in [0.29, 0.717) is 21.4 Å². The predicted octanol–water partition coefficient (Wildman–Crippen LogP) is 3.08. The van der Waals surface area contributed by atoms with Crippen LogP contribution in [0.15, 0.2) is 12.1 Å². The Morgan fingerprint density at radius 1 is 1.39 bits per heavy atom. The number of carbonyl (C=O) groups excluding carboxylic acids is 1. The van der Waals surface area contributed by atoms with Crippen molar-refractivity contribution in [2.24, 2.45) is 0 Å². The van der Waals surface area contributed by atoms with Crippen LogP contribution in [0.3, 0.4) is 0 Å². The highest BCUT2D eigenvalue weighted by atomic mass is 35.5. The van der Waals surface area contributed by atoms with Crippen LogP contribution in [0.5, 0.6) is 0 Å². The lowest BCUT2D eigenvalue weighted by molar-refractivity contribution is -0.124. The van der Waals surface area contributed by atoms with E-state index < -0.39 is 0 Å². The first-order valence-electron chi connectivity index (χ1n) is 5.72. The Bertz CT molecular complexity index is 438. The zero-order valence-corrected chi connectivity index (χ0v) is 11.2. The number of nitrogens with two attached hydrogens (primary N) is 1. The summed E-state index contributed by atoms with van der Waals surface area (Å²) in [6.07, 6.45) is 3.43. The molecule has 6 heteroatoms. The fourth-order valence-electron chi connectivity index (χ4n) is 1.62. The monoisotopic (exact) mass is 288 g/mol. The van der Waals surface area contributed by atoms with Crippen LogP contribution in [0.4, 0.5) is 11.4 Å². The minimum atomic E-state index is -0.268. The van der Waals surface area contributed by atoms with Gasteiger partial charge in [0.25, 0.3) is 0 Å². The molecule has 0 heterocycles. The fourth-order valence-corrected chi connectivity index (χ4v) is 2.22. The van der Waals surface area contributed by atoms with Gasteiger partial charge in [0, 0.05) is 5.69 Å². The lowest BCUT2D eigenvalue weighted by atomic mass is 9.96. The number of benzene rings is 1. The summed E-state index contributed by atoms with van der Waals surface area (Å²) in [6, 6.07) is 3.08. The zero-order chi connectivity index (χ0) is 13.1. The van der Waals surface area contributed by atoms with Crippen LogP contribution in [-0.2, 0) is 9.53 Å². The van der Waals surface area contributed by atoms with Crippen molar-refractivity contribution >= 4 is 40.5 Å². The number of nitrogen functional groups attached to an aromatic ring is 1. The van der Waals surface area contributed by atoms with Crippen LogP contribution in [0, 0.1) is 0 Å². The number of halogens is 2. The Morgan fingerprint density at radius 2 is 2.00 bits per heavy atom. The number of nitrogens with one attached hydrogen (secondary N) is 1. The van der Waals surface area contributed by atoms with Crippen molar-refractivity contribution < 1.29 is 9.53 Å². The molecule has 1 fully saturated rings. The summed E-state index contributed by atoms with van der Waals surface area (Å²) >= 11 is 11.9. The highest BCUT2D eigenvalue weighted by Gasteiger charge is 2.19. The predicted molar refractivity (Wildman–Crippen MR) is 73.1 cm³/mol. The number of carbonyl (C=O) groups is 1. The van der Waals surface area contributed by atoms with Gasteiger partial charge in [-0.3, -0.25) is 4.79 Å². The number of anilines is 2. The molecule has 1 saturated carbocycles. The molecular weight excluding hydrogens is 275 g/mol. The van der Waals surface area contributed by atoms with Gasteiger partial charge in [-0.05, 0) is 31.4 Å². The minimum absolute atomic E-state index is 0.0156. The minimum Gasteiger partial charge on any atom is -0.399 e. The average molecular weight is 289 g/mol. The summed E-state index contributed by atoms with van der Waals surface area (Å²) in [5.41, 5.74) is 6.40. The number of rotatable bonds is 4. The number of hydrogen-bond acceptors (Lipinski definition) is 3. The van der Waals surface area contributed by atoms with Gasteiger partial charge in [-0.25, -0.2) is 0 Å². The first-order chi connectivity index (χ1) is 8.56. The molecule has 98 valence electrons. The van der Waals surface area contributed by atoms with Gasteiger partial charge >= 0.3 is 0 Å². The highest BCUT2D eigenvalue weighted by molar-refractivity contribution is 6.40. The molecule has 0 bridgehead atoms. The van der Waals surface area contributed by atoms with E-state index in [1.54, 1.807) is 0 Å². The second-order valence-corrected chi connectivity index (χ2v) is 5.09. The van der Waals surface area contributed by atoms with Gasteiger partial charge in [-0.15, -0.1) is 0 Å². The van der Waals surface area contributed by atoms with Crippen LogP contribution in [0.1, 0.15) is 19.3 Å². The van der Waals surface area contributed by atoms with Crippen molar-refractivity contribution in [2.45, 2.75) is 25.4 Å². The van der Waals surface area contributed by atoms with E-state index >= 15 is 0 Å². The average Bonchev–Trinajstić information content (AvgIpc) is 2.21. The third-order valence-corrected chi connectivity index (χ3v) is 3.43. The van der Waals surface area contributed by atoms with Gasteiger partial charge in [0.2, 0.25) is 5.91 Å². The summed E-state index contributed by atoms with van der Waals surface area (Å²) < 4.78 is 5.39. The van der Waals surface area contributed by atoms with Gasteiger partial charge in [-0.2, -0.15) is 0 Å². The fraction of sp³-hybridized carbons (Fsp3) is 0.417. The van der Waals surface area contributed by atoms with E-state index in [4.69, 9.17) is 33.7 Å². The van der Waals surface area contributed by atoms with E-state index in [0.717, 1.165) is 12.8 Å². The molecule has 2 rings (SSSR count). The molecule has 0 aromatic heterocycles. The van der Waals surface area contributed by atoms with Crippen molar-refractivity contribution in [1.29, 1.82) is 0 Å². The van der Waals surface area contributed by atoms with E-state index in [9.17, 15) is 4.79 Å². The topological polar surface area (TPSA) is 64.3 Å². The standard InChI is InChI=1S/C12H14Cl2N2O2/c13-9-4-7(15)5-10(14)12(9)16-11(17)6-18-8-2-1-3-8/h4-5,8H,1-3,6,15H2,(H,16,17). The van der Waals surface area contributed by atoms with Crippen LogP contribution >= 0.6 is 23.2 Å². The molecule has 0 spiro atoms. The molecule has 3 N–H and O–H groups in total. The maximum atomic E-state index is 11.7. The van der Waals surface area contributed by atoms with Gasteiger partial charge in [0.15, 0.2) is 0 Å². The number of hydrogen-bond donors (Lipinski definition) is 2. The first kappa shape index (κ1) is 13.5. The number of amides is 1. The van der Waals surface area contributed by atoms with Crippen molar-refractivity contribution in [2.75, 3.05) is 17.7 Å². The highest BCUT2D eigenvalue weighted by Crippen LogP contribution is 2.32. The third-order valence-electron chi connectivity index (χ3n) is 2.83. The summed E-state index contributed by atoms with van der Waals surface area (Å²) in [5.74, 6) is -0.268. The Balaban J connectivity index is 1.93. The normalized spacial score (nSPS) is 15.2. The molecule has 0 saturated heterocycles. The van der Waals surface area contributed by atoms with Crippen molar-refractivity contribution in [3.05, 3.63) is 22.2 Å². The van der Waals surface area contributed by atoms with E-state index in [2.05, 4.69) is 5.32 Å². The Morgan fingerprint density at radius 3 is 2.50 bits per heavy atom. The molecule has 0 unspecified atom stereocenters. The van der Waals surface area contributed by atoms with Crippen LogP contribution in [0.2, 0.25) is 10.0 Å². The Hall–Kier alpha value is -0.970. The SMILES string of the molecule is Nc1cc(Cl)c(NC(=O)COC2CCC2)c(Cl)c1. The van der Waals surface area contributed by atoms with Gasteiger partial charge < -0.3 is 15.8 Å². The zero-order valence-electron chi connectivity index (χ0n) is 9.71. The molecule has 4 nitrogen and oxygen atoms in total. The molecule has 0 atom stereocenters. The van der Waals surface area contributed by atoms with Crippen LogP contribution < -0.4 is 11.1 Å². The maximum absolute atomic E-state index is 11.7. The first-order valence-corrected chi connectivity index (χ1v) is 6.48. The quantitative estimate of drug-likeness (QED) is 0.837. The lowest BCUT2D eigenvalue weighted by Crippen LogP contribution is -2.27. The maximum Gasteiger partial charge on any atom is 0.250 e. The van der Waals surface area contributed by atoms with Gasteiger partial charge in [0.1, 0.15) is 6.61 Å². The molecule has 0 aliphatic heterocycles. The van der Waals surface area contributed by atoms with Gasteiger partial charge in [0.05, 0.1) is 21.8 Å². The summed E-state index contributed by atoms with van der Waals surface area (Å²) in [4.78, 5) is 11.7. The van der Waals surface area contributed by atoms with Gasteiger partial charge in [-0.1, -0.05) is 23.2 Å². The molecular formula is C12H14Cl2N2O2. The largest absolute Gasteiger partial charge is 0.399 e. The van der Waals surface area contributed by atoms with Crippen molar-refractivity contribution in [3.8, 4) is 0 Å². The van der Waals surface area contributed by atoms with E-state index in [1.807, 2.05) is 0 Å². The Kier molecular flexibility index (Phi) is 4.32. The van der Waals surface area contributed by atoms with Crippen LogP contribution in [0.25, 0.3) is 0 Å². The van der Waals surface area contributed by atoms with E-state index in [1.165, 1.54) is 18.6 Å². The van der Waals surface area contributed by atoms with E-state index in [-0.39, 0.29) is 18.6 Å². The second kappa shape index (κ2) is 5.78. The molecule has 1 aromatic carbocycles. The Labute approximate surface area is 115 Å². The summed E-state index contributed by atoms with van der Waals surface area (Å²) in [5, 5.41) is 3.26. The summed E-state index contributed by atoms with van der Waals surface area (Å²) in [6.45, 7) is 0.0156. The summed E-state index contributed by atoms with van der Waals surface area (Å²) in [7, 11) is 0. The second-order valence-electron chi connectivity index (χ2n) is 4.27. The molecule has 1 aliphatic rings. The third kappa shape index (κ3) is 3.28. The molecule has 1 aromatic rings. The molecule has 1 amide bonds. The van der Waals surface area contributed by atoms with Crippen LogP contribution in [-0.4, -0.2) is 18.6 Å². The number of ether oxygens (including phenoxy) is 1. The molecule has 0 radical (unpaired) electrons. The van der Waals surface area contributed by atoms with Crippen molar-refractivity contribution in [1.82, 2.24) is 0 Å². The molecule has 18 heavy (non-hydrogen) atoms.